The van der Waals surface area contributed by atoms with Gasteiger partial charge >= 0.3 is 12.1 Å². The highest BCUT2D eigenvalue weighted by Crippen LogP contribution is 2.14. The average Bonchev–Trinajstić information content (AvgIpc) is 2.32. The molecule has 1 saturated heterocycles. The van der Waals surface area contributed by atoms with E-state index in [0.29, 0.717) is 0 Å². The second-order valence-corrected chi connectivity index (χ2v) is 2.77. The van der Waals surface area contributed by atoms with E-state index in [-0.39, 0.29) is 18.9 Å². The summed E-state index contributed by atoms with van der Waals surface area (Å²) < 4.78 is 4.49. The quantitative estimate of drug-likeness (QED) is 0.606. The summed E-state index contributed by atoms with van der Waals surface area (Å²) >= 11 is 0. The first-order valence-electron chi connectivity index (χ1n) is 3.68. The molecule has 1 rings (SSSR count). The molecule has 0 aromatic rings. The summed E-state index contributed by atoms with van der Waals surface area (Å²) in [5, 5.41) is 8.60. The Balaban J connectivity index is 2.71. The molecule has 6 heteroatoms. The van der Waals surface area contributed by atoms with Crippen molar-refractivity contribution in [1.29, 1.82) is 0 Å². The number of hydrogen-bond acceptors (Lipinski definition) is 4. The van der Waals surface area contributed by atoms with Crippen LogP contribution in [0.25, 0.3) is 0 Å². The van der Waals surface area contributed by atoms with Crippen LogP contribution in [-0.4, -0.2) is 40.6 Å². The fourth-order valence-electron chi connectivity index (χ4n) is 1.10. The van der Waals surface area contributed by atoms with Gasteiger partial charge in [-0.2, -0.15) is 0 Å². The number of carboxylic acid groups (broad SMARTS) is 1. The maximum Gasteiger partial charge on any atom is 0.410 e. The zero-order valence-electron chi connectivity index (χ0n) is 7.02. The van der Waals surface area contributed by atoms with Gasteiger partial charge in [0.1, 0.15) is 11.8 Å². The van der Waals surface area contributed by atoms with Crippen LogP contribution in [0, 0.1) is 0 Å². The number of nitrogens with zero attached hydrogens (tertiary/aromatic N) is 1. The largest absolute Gasteiger partial charge is 0.465 e. The second-order valence-electron chi connectivity index (χ2n) is 2.77. The lowest BCUT2D eigenvalue weighted by atomic mass is 10.1. The standard InChI is InChI=1S/C7H9NO5/c1-4(9)2-5-6(10)13-3-8(5)7(11)12/h5H,2-3H2,1H3,(H,11,12)/t5-/m0/s1. The molecule has 1 N–H and O–H groups in total. The van der Waals surface area contributed by atoms with Crippen LogP contribution in [0.2, 0.25) is 0 Å². The second kappa shape index (κ2) is 3.42. The van der Waals surface area contributed by atoms with Crippen LogP contribution in [0.4, 0.5) is 4.79 Å². The van der Waals surface area contributed by atoms with Gasteiger partial charge in [0.25, 0.3) is 0 Å². The molecule has 1 atom stereocenters. The number of carbonyl (C=O) groups is 3. The molecule has 0 spiro atoms. The molecule has 0 saturated carbocycles. The molecule has 0 radical (unpaired) electrons. The van der Waals surface area contributed by atoms with Crippen LogP contribution in [0.15, 0.2) is 0 Å². The van der Waals surface area contributed by atoms with Crippen LogP contribution in [0.1, 0.15) is 13.3 Å². The minimum atomic E-state index is -1.25. The molecule has 0 aliphatic carbocycles. The lowest BCUT2D eigenvalue weighted by Gasteiger charge is -2.14. The van der Waals surface area contributed by atoms with Gasteiger partial charge in [-0.3, -0.25) is 9.69 Å². The van der Waals surface area contributed by atoms with Crippen LogP contribution < -0.4 is 0 Å². The number of cyclic esters (lactones) is 1. The Morgan fingerprint density at radius 2 is 2.31 bits per heavy atom. The highest BCUT2D eigenvalue weighted by Gasteiger charge is 2.38. The van der Waals surface area contributed by atoms with Gasteiger partial charge in [-0.05, 0) is 6.92 Å². The van der Waals surface area contributed by atoms with E-state index < -0.39 is 18.1 Å². The van der Waals surface area contributed by atoms with Crippen molar-refractivity contribution in [2.75, 3.05) is 6.73 Å². The topological polar surface area (TPSA) is 83.9 Å². The highest BCUT2D eigenvalue weighted by molar-refractivity contribution is 5.89. The monoisotopic (exact) mass is 187 g/mol. The van der Waals surface area contributed by atoms with E-state index in [1.54, 1.807) is 0 Å². The predicted molar refractivity (Wildman–Crippen MR) is 39.9 cm³/mol. The maximum absolute atomic E-state index is 10.9. The van der Waals surface area contributed by atoms with Crippen LogP contribution >= 0.6 is 0 Å². The van der Waals surface area contributed by atoms with Gasteiger partial charge in [0, 0.05) is 6.42 Å². The molecule has 1 amide bonds. The first kappa shape index (κ1) is 9.50. The average molecular weight is 187 g/mol. The van der Waals surface area contributed by atoms with Gasteiger partial charge in [-0.15, -0.1) is 0 Å². The Morgan fingerprint density at radius 3 is 2.77 bits per heavy atom. The zero-order chi connectivity index (χ0) is 10.0. The van der Waals surface area contributed by atoms with Gasteiger partial charge in [-0.1, -0.05) is 0 Å². The number of rotatable bonds is 2. The molecule has 1 heterocycles. The van der Waals surface area contributed by atoms with E-state index in [4.69, 9.17) is 5.11 Å². The van der Waals surface area contributed by atoms with Crippen LogP contribution in [-0.2, 0) is 14.3 Å². The molecule has 0 aromatic carbocycles. The maximum atomic E-state index is 10.9. The third-order valence-corrected chi connectivity index (χ3v) is 1.72. The lowest BCUT2D eigenvalue weighted by molar-refractivity contribution is -0.140. The van der Waals surface area contributed by atoms with Crippen LogP contribution in [0.5, 0.6) is 0 Å². The Bertz CT molecular complexity index is 262. The number of hydrogen-bond donors (Lipinski definition) is 1. The van der Waals surface area contributed by atoms with Gasteiger partial charge in [-0.25, -0.2) is 9.59 Å². The predicted octanol–water partition coefficient (Wildman–Crippen LogP) is -0.172. The molecule has 13 heavy (non-hydrogen) atoms. The molecule has 0 aromatic heterocycles. The highest BCUT2D eigenvalue weighted by atomic mass is 16.6. The van der Waals surface area contributed by atoms with Crippen molar-refractivity contribution in [3.05, 3.63) is 0 Å². The van der Waals surface area contributed by atoms with Crippen molar-refractivity contribution in [3.63, 3.8) is 0 Å². The van der Waals surface area contributed by atoms with Crippen molar-refractivity contribution in [3.8, 4) is 0 Å². The molecule has 0 bridgehead atoms. The summed E-state index contributed by atoms with van der Waals surface area (Å²) in [6.07, 6.45) is -1.37. The van der Waals surface area contributed by atoms with E-state index in [9.17, 15) is 14.4 Å². The van der Waals surface area contributed by atoms with E-state index in [0.717, 1.165) is 4.90 Å². The summed E-state index contributed by atoms with van der Waals surface area (Å²) in [6, 6.07) is -0.963. The molecular weight excluding hydrogens is 178 g/mol. The number of ketones is 1. The summed E-state index contributed by atoms with van der Waals surface area (Å²) in [6.45, 7) is 1.01. The van der Waals surface area contributed by atoms with E-state index in [2.05, 4.69) is 4.74 Å². The van der Waals surface area contributed by atoms with E-state index >= 15 is 0 Å². The van der Waals surface area contributed by atoms with Gasteiger partial charge in [0.2, 0.25) is 0 Å². The minimum Gasteiger partial charge on any atom is -0.465 e. The minimum absolute atomic E-state index is 0.120. The van der Waals surface area contributed by atoms with E-state index in [1.165, 1.54) is 6.92 Å². The number of esters is 1. The smallest absolute Gasteiger partial charge is 0.410 e. The molecule has 6 nitrogen and oxygen atoms in total. The molecule has 1 aliphatic rings. The molecule has 1 fully saturated rings. The number of ether oxygens (including phenoxy) is 1. The number of Topliss-reactive ketones (excluding diaryl/α,β-unsaturated/α-hetero) is 1. The summed E-state index contributed by atoms with van der Waals surface area (Å²) in [5.74, 6) is -0.896. The zero-order valence-corrected chi connectivity index (χ0v) is 7.02. The van der Waals surface area contributed by atoms with Crippen molar-refractivity contribution in [1.82, 2.24) is 4.90 Å². The fourth-order valence-corrected chi connectivity index (χ4v) is 1.10. The Hall–Kier alpha value is -1.59. The summed E-state index contributed by atoms with van der Waals surface area (Å²) in [4.78, 5) is 33.0. The first-order chi connectivity index (χ1) is 6.02. The normalized spacial score (nSPS) is 21.5. The van der Waals surface area contributed by atoms with Gasteiger partial charge < -0.3 is 9.84 Å². The third-order valence-electron chi connectivity index (χ3n) is 1.72. The molecule has 0 unspecified atom stereocenters. The van der Waals surface area contributed by atoms with Gasteiger partial charge in [0.05, 0.1) is 0 Å². The van der Waals surface area contributed by atoms with Crippen molar-refractivity contribution >= 4 is 17.8 Å². The molecule has 72 valence electrons. The molecule has 1 aliphatic heterocycles. The first-order valence-corrected chi connectivity index (χ1v) is 3.68. The third kappa shape index (κ3) is 1.95. The summed E-state index contributed by atoms with van der Waals surface area (Å²) in [5.41, 5.74) is 0. The number of amides is 1. The van der Waals surface area contributed by atoms with Crippen molar-refractivity contribution < 1.29 is 24.2 Å². The number of carbonyl (C=O) groups excluding carboxylic acids is 2. The van der Waals surface area contributed by atoms with Crippen molar-refractivity contribution in [2.24, 2.45) is 0 Å². The molecular formula is C7H9NO5. The van der Waals surface area contributed by atoms with E-state index in [1.807, 2.05) is 0 Å². The lowest BCUT2D eigenvalue weighted by Crippen LogP contribution is -2.38. The Kier molecular flexibility index (Phi) is 2.50. The van der Waals surface area contributed by atoms with Crippen LogP contribution in [0.3, 0.4) is 0 Å². The Labute approximate surface area is 74.1 Å². The fraction of sp³-hybridized carbons (Fsp3) is 0.571. The SMILES string of the molecule is CC(=O)C[C@H]1C(=O)OCN1C(=O)O. The summed E-state index contributed by atoms with van der Waals surface area (Å²) in [7, 11) is 0. The Morgan fingerprint density at radius 1 is 1.69 bits per heavy atom. The van der Waals surface area contributed by atoms with Gasteiger partial charge in [0.15, 0.2) is 6.73 Å². The van der Waals surface area contributed by atoms with Crippen molar-refractivity contribution in [2.45, 2.75) is 19.4 Å².